The van der Waals surface area contributed by atoms with E-state index in [4.69, 9.17) is 0 Å². The van der Waals surface area contributed by atoms with Crippen LogP contribution in [0, 0.1) is 5.41 Å². The summed E-state index contributed by atoms with van der Waals surface area (Å²) in [6, 6.07) is 0. The zero-order valence-corrected chi connectivity index (χ0v) is 10.2. The minimum atomic E-state index is 0.814. The van der Waals surface area contributed by atoms with Crippen LogP contribution in [0.1, 0.15) is 53.4 Å². The average molecular weight is 185 g/mol. The molecule has 0 atom stereocenters. The highest BCUT2D eigenvalue weighted by molar-refractivity contribution is 4.94. The Kier molecular flexibility index (Phi) is 6.40. The van der Waals surface area contributed by atoms with E-state index in [1.165, 1.54) is 38.8 Å². The van der Waals surface area contributed by atoms with Crippen LogP contribution in [-0.4, -0.2) is 25.0 Å². The number of hydrogen-bond acceptors (Lipinski definition) is 1. The molecule has 0 bridgehead atoms. The number of rotatable bonds is 0. The minimum Gasteiger partial charge on any atom is -0.306 e. The summed E-state index contributed by atoms with van der Waals surface area (Å²) >= 11 is 0. The summed E-state index contributed by atoms with van der Waals surface area (Å²) in [4.78, 5) is 2.47. The smallest absolute Gasteiger partial charge is 0.00354 e. The molecule has 1 saturated heterocycles. The third-order valence-electron chi connectivity index (χ3n) is 3.04. The fraction of sp³-hybridized carbons (Fsp3) is 1.00. The summed E-state index contributed by atoms with van der Waals surface area (Å²) in [6.07, 6.45) is 5.99. The van der Waals surface area contributed by atoms with Gasteiger partial charge in [0, 0.05) is 6.54 Å². The van der Waals surface area contributed by atoms with Crippen LogP contribution in [0.3, 0.4) is 0 Å². The Morgan fingerprint density at radius 1 is 0.923 bits per heavy atom. The van der Waals surface area contributed by atoms with Crippen LogP contribution in [-0.2, 0) is 0 Å². The number of likely N-dealkylation sites (tertiary alicyclic amines) is 1. The summed E-state index contributed by atoms with van der Waals surface area (Å²) in [5.41, 5.74) is 0.814. The Morgan fingerprint density at radius 2 is 1.46 bits per heavy atom. The third-order valence-corrected chi connectivity index (χ3v) is 3.04. The van der Waals surface area contributed by atoms with Crippen molar-refractivity contribution in [1.82, 2.24) is 4.90 Å². The molecule has 1 aliphatic heterocycles. The van der Waals surface area contributed by atoms with Crippen LogP contribution in [0.25, 0.3) is 0 Å². The Hall–Kier alpha value is -0.0400. The zero-order chi connectivity index (χ0) is 10.3. The van der Waals surface area contributed by atoms with Gasteiger partial charge >= 0.3 is 0 Å². The Morgan fingerprint density at radius 3 is 1.62 bits per heavy atom. The van der Waals surface area contributed by atoms with Crippen molar-refractivity contribution in [2.45, 2.75) is 53.4 Å². The summed E-state index contributed by atoms with van der Waals surface area (Å²) < 4.78 is 0. The molecule has 13 heavy (non-hydrogen) atoms. The van der Waals surface area contributed by atoms with Crippen LogP contribution in [0.4, 0.5) is 0 Å². The monoisotopic (exact) mass is 185 g/mol. The molecule has 2 aliphatic rings. The molecule has 0 N–H and O–H groups in total. The van der Waals surface area contributed by atoms with Gasteiger partial charge in [-0.2, -0.15) is 0 Å². The van der Waals surface area contributed by atoms with Gasteiger partial charge in [-0.25, -0.2) is 0 Å². The van der Waals surface area contributed by atoms with Gasteiger partial charge in [0.05, 0.1) is 0 Å². The summed E-state index contributed by atoms with van der Waals surface area (Å²) in [5.74, 6) is 0. The van der Waals surface area contributed by atoms with E-state index in [0.717, 1.165) is 5.41 Å². The Balaban J connectivity index is 0.000000322. The van der Waals surface area contributed by atoms with Crippen molar-refractivity contribution in [3.05, 3.63) is 0 Å². The van der Waals surface area contributed by atoms with Crippen LogP contribution in [0.5, 0.6) is 0 Å². The summed E-state index contributed by atoms with van der Waals surface area (Å²) in [5, 5.41) is 0. The highest BCUT2D eigenvalue weighted by Crippen LogP contribution is 2.47. The first kappa shape index (κ1) is 13.0. The largest absolute Gasteiger partial charge is 0.306 e. The van der Waals surface area contributed by atoms with Crippen LogP contribution in [0.2, 0.25) is 0 Å². The second-order valence-corrected chi connectivity index (χ2v) is 3.84. The maximum atomic E-state index is 2.47. The van der Waals surface area contributed by atoms with E-state index in [1.807, 2.05) is 27.7 Å². The predicted octanol–water partition coefficient (Wildman–Crippen LogP) is 3.54. The zero-order valence-electron chi connectivity index (χ0n) is 10.2. The Labute approximate surface area is 84.5 Å². The molecule has 1 spiro atoms. The lowest BCUT2D eigenvalue weighted by Gasteiger charge is -2.37. The summed E-state index contributed by atoms with van der Waals surface area (Å²) in [6.45, 7) is 10.7. The molecule has 1 heterocycles. The van der Waals surface area contributed by atoms with Gasteiger partial charge in [0.25, 0.3) is 0 Å². The number of nitrogens with zero attached hydrogens (tertiary/aromatic N) is 1. The SMILES string of the molecule is CC.CC.CN1CCC2(CCC2)C1. The van der Waals surface area contributed by atoms with E-state index < -0.39 is 0 Å². The van der Waals surface area contributed by atoms with Crippen molar-refractivity contribution < 1.29 is 0 Å². The lowest BCUT2D eigenvalue weighted by atomic mass is 9.68. The van der Waals surface area contributed by atoms with Crippen LogP contribution in [0.15, 0.2) is 0 Å². The molecule has 0 amide bonds. The quantitative estimate of drug-likeness (QED) is 0.558. The van der Waals surface area contributed by atoms with Gasteiger partial charge < -0.3 is 4.90 Å². The van der Waals surface area contributed by atoms with Crippen molar-refractivity contribution in [1.29, 1.82) is 0 Å². The third kappa shape index (κ3) is 3.30. The van der Waals surface area contributed by atoms with Crippen molar-refractivity contribution in [3.8, 4) is 0 Å². The second-order valence-electron chi connectivity index (χ2n) is 3.84. The van der Waals surface area contributed by atoms with Crippen molar-refractivity contribution >= 4 is 0 Å². The lowest BCUT2D eigenvalue weighted by molar-refractivity contribution is 0.145. The fourth-order valence-electron chi connectivity index (χ4n) is 2.24. The molecule has 0 aromatic rings. The Bertz CT molecular complexity index is 116. The van der Waals surface area contributed by atoms with Gasteiger partial charge in [0.15, 0.2) is 0 Å². The van der Waals surface area contributed by atoms with Gasteiger partial charge in [-0.3, -0.25) is 0 Å². The molecule has 1 nitrogen and oxygen atoms in total. The molecule has 80 valence electrons. The standard InChI is InChI=1S/C8H15N.2C2H6/c1-9-6-5-8(7-9)3-2-4-8;2*1-2/h2-7H2,1H3;2*1-2H3. The first-order chi connectivity index (χ1) is 6.31. The first-order valence-electron chi connectivity index (χ1n) is 5.99. The normalized spacial score (nSPS) is 23.8. The number of hydrogen-bond donors (Lipinski definition) is 0. The van der Waals surface area contributed by atoms with Crippen molar-refractivity contribution in [2.75, 3.05) is 20.1 Å². The molecule has 0 unspecified atom stereocenters. The van der Waals surface area contributed by atoms with Crippen LogP contribution >= 0.6 is 0 Å². The van der Waals surface area contributed by atoms with E-state index >= 15 is 0 Å². The lowest BCUT2D eigenvalue weighted by Crippen LogP contribution is -2.31. The minimum absolute atomic E-state index is 0.814. The maximum Gasteiger partial charge on any atom is 0.00354 e. The highest BCUT2D eigenvalue weighted by Gasteiger charge is 2.41. The maximum absolute atomic E-state index is 2.47. The predicted molar refractivity (Wildman–Crippen MR) is 61.1 cm³/mol. The first-order valence-corrected chi connectivity index (χ1v) is 5.99. The van der Waals surface area contributed by atoms with Gasteiger partial charge in [-0.1, -0.05) is 34.1 Å². The average Bonchev–Trinajstić information content (AvgIpc) is 2.54. The van der Waals surface area contributed by atoms with E-state index in [-0.39, 0.29) is 0 Å². The molecule has 1 aliphatic carbocycles. The van der Waals surface area contributed by atoms with Gasteiger partial charge in [-0.05, 0) is 38.3 Å². The van der Waals surface area contributed by atoms with Crippen molar-refractivity contribution in [2.24, 2.45) is 5.41 Å². The topological polar surface area (TPSA) is 3.24 Å². The molecule has 1 heteroatoms. The molecular weight excluding hydrogens is 158 g/mol. The molecule has 1 saturated carbocycles. The van der Waals surface area contributed by atoms with E-state index in [9.17, 15) is 0 Å². The molecule has 0 aromatic carbocycles. The van der Waals surface area contributed by atoms with Gasteiger partial charge in [0.1, 0.15) is 0 Å². The van der Waals surface area contributed by atoms with Gasteiger partial charge in [-0.15, -0.1) is 0 Å². The van der Waals surface area contributed by atoms with Gasteiger partial charge in [0.2, 0.25) is 0 Å². The van der Waals surface area contributed by atoms with E-state index in [2.05, 4.69) is 11.9 Å². The molecule has 0 aromatic heterocycles. The molecule has 2 fully saturated rings. The summed E-state index contributed by atoms with van der Waals surface area (Å²) in [7, 11) is 2.24. The molecule has 0 radical (unpaired) electrons. The van der Waals surface area contributed by atoms with E-state index in [0.29, 0.717) is 0 Å². The van der Waals surface area contributed by atoms with E-state index in [1.54, 1.807) is 0 Å². The molecule has 2 rings (SSSR count). The highest BCUT2D eigenvalue weighted by atomic mass is 15.1. The second kappa shape index (κ2) is 6.42. The fourth-order valence-corrected chi connectivity index (χ4v) is 2.24. The van der Waals surface area contributed by atoms with Crippen LogP contribution < -0.4 is 0 Å². The van der Waals surface area contributed by atoms with Crippen molar-refractivity contribution in [3.63, 3.8) is 0 Å². The molecular formula is C12H27N.